The Morgan fingerprint density at radius 1 is 1.06 bits per heavy atom. The van der Waals surface area contributed by atoms with Gasteiger partial charge >= 0.3 is 0 Å². The standard InChI is InChI=1S/C15H17Cl/c1-2-3-8-15(16)14-10-9-12-6-4-5-7-13(12)11-14/h4-7,9-11,15H,2-3,8H2,1H3. The molecule has 2 aromatic carbocycles. The van der Waals surface area contributed by atoms with Crippen molar-refractivity contribution in [2.75, 3.05) is 0 Å². The Morgan fingerprint density at radius 3 is 2.56 bits per heavy atom. The molecule has 0 spiro atoms. The van der Waals surface area contributed by atoms with Gasteiger partial charge < -0.3 is 0 Å². The summed E-state index contributed by atoms with van der Waals surface area (Å²) in [6.45, 7) is 2.20. The summed E-state index contributed by atoms with van der Waals surface area (Å²) >= 11 is 6.39. The van der Waals surface area contributed by atoms with Crippen LogP contribution in [-0.2, 0) is 0 Å². The molecule has 1 heteroatoms. The Bertz CT molecular complexity index is 462. The summed E-state index contributed by atoms with van der Waals surface area (Å²) in [5.74, 6) is 0. The first-order chi connectivity index (χ1) is 7.81. The van der Waals surface area contributed by atoms with E-state index in [9.17, 15) is 0 Å². The largest absolute Gasteiger partial charge is 0.118 e. The highest BCUT2D eigenvalue weighted by atomic mass is 35.5. The van der Waals surface area contributed by atoms with E-state index in [1.54, 1.807) is 0 Å². The van der Waals surface area contributed by atoms with Gasteiger partial charge in [0.2, 0.25) is 0 Å². The number of rotatable bonds is 4. The molecule has 0 aliphatic heterocycles. The number of unbranched alkanes of at least 4 members (excludes halogenated alkanes) is 1. The molecule has 0 saturated heterocycles. The summed E-state index contributed by atoms with van der Waals surface area (Å²) in [6.07, 6.45) is 3.47. The van der Waals surface area contributed by atoms with Gasteiger partial charge in [-0.05, 0) is 28.8 Å². The molecule has 0 N–H and O–H groups in total. The summed E-state index contributed by atoms with van der Waals surface area (Å²) in [7, 11) is 0. The third kappa shape index (κ3) is 2.56. The molecule has 0 fully saturated rings. The van der Waals surface area contributed by atoms with Crippen LogP contribution in [0.15, 0.2) is 42.5 Å². The van der Waals surface area contributed by atoms with Crippen LogP contribution in [0, 0.1) is 0 Å². The highest BCUT2D eigenvalue weighted by Gasteiger charge is 2.07. The Morgan fingerprint density at radius 2 is 1.81 bits per heavy atom. The highest BCUT2D eigenvalue weighted by molar-refractivity contribution is 6.20. The van der Waals surface area contributed by atoms with E-state index in [0.29, 0.717) is 0 Å². The number of halogens is 1. The monoisotopic (exact) mass is 232 g/mol. The SMILES string of the molecule is CCCCC(Cl)c1ccc2ccccc2c1. The van der Waals surface area contributed by atoms with Crippen molar-refractivity contribution < 1.29 is 0 Å². The van der Waals surface area contributed by atoms with Gasteiger partial charge in [0, 0.05) is 0 Å². The third-order valence-corrected chi connectivity index (χ3v) is 3.42. The fourth-order valence-electron chi connectivity index (χ4n) is 1.95. The second-order valence-corrected chi connectivity index (χ2v) is 4.74. The van der Waals surface area contributed by atoms with Gasteiger partial charge in [-0.3, -0.25) is 0 Å². The minimum atomic E-state index is 0.157. The van der Waals surface area contributed by atoms with Crippen LogP contribution in [0.2, 0.25) is 0 Å². The van der Waals surface area contributed by atoms with Crippen LogP contribution in [0.4, 0.5) is 0 Å². The summed E-state index contributed by atoms with van der Waals surface area (Å²) < 4.78 is 0. The van der Waals surface area contributed by atoms with E-state index in [0.717, 1.165) is 6.42 Å². The lowest BCUT2D eigenvalue weighted by atomic mass is 10.0. The minimum absolute atomic E-state index is 0.157. The van der Waals surface area contributed by atoms with Gasteiger partial charge in [-0.1, -0.05) is 56.2 Å². The maximum Gasteiger partial charge on any atom is 0.0585 e. The maximum atomic E-state index is 6.39. The molecule has 0 bridgehead atoms. The van der Waals surface area contributed by atoms with E-state index in [-0.39, 0.29) is 5.38 Å². The molecule has 1 atom stereocenters. The molecule has 0 amide bonds. The fraction of sp³-hybridized carbons (Fsp3) is 0.333. The van der Waals surface area contributed by atoms with Crippen molar-refractivity contribution in [3.05, 3.63) is 48.0 Å². The highest BCUT2D eigenvalue weighted by Crippen LogP contribution is 2.28. The van der Waals surface area contributed by atoms with E-state index in [4.69, 9.17) is 11.6 Å². The van der Waals surface area contributed by atoms with Crippen molar-refractivity contribution in [3.63, 3.8) is 0 Å². The molecule has 0 saturated carbocycles. The summed E-state index contributed by atoms with van der Waals surface area (Å²) in [6, 6.07) is 14.9. The second kappa shape index (κ2) is 5.36. The predicted octanol–water partition coefficient (Wildman–Crippen LogP) is 5.31. The Balaban J connectivity index is 2.25. The number of hydrogen-bond acceptors (Lipinski definition) is 0. The first-order valence-corrected chi connectivity index (χ1v) is 6.37. The first kappa shape index (κ1) is 11.5. The summed E-state index contributed by atoms with van der Waals surface area (Å²) in [4.78, 5) is 0. The third-order valence-electron chi connectivity index (χ3n) is 2.95. The van der Waals surface area contributed by atoms with Crippen LogP contribution in [-0.4, -0.2) is 0 Å². The van der Waals surface area contributed by atoms with E-state index in [1.165, 1.54) is 29.2 Å². The van der Waals surface area contributed by atoms with Crippen LogP contribution in [0.25, 0.3) is 10.8 Å². The van der Waals surface area contributed by atoms with Crippen molar-refractivity contribution in [2.24, 2.45) is 0 Å². The number of hydrogen-bond donors (Lipinski definition) is 0. The molecule has 0 heterocycles. The number of benzene rings is 2. The van der Waals surface area contributed by atoms with Crippen LogP contribution in [0.3, 0.4) is 0 Å². The topological polar surface area (TPSA) is 0 Å². The maximum absolute atomic E-state index is 6.39. The number of alkyl halides is 1. The zero-order valence-electron chi connectivity index (χ0n) is 9.62. The van der Waals surface area contributed by atoms with Crippen molar-refractivity contribution >= 4 is 22.4 Å². The minimum Gasteiger partial charge on any atom is -0.118 e. The van der Waals surface area contributed by atoms with Gasteiger partial charge in [0.05, 0.1) is 5.38 Å². The first-order valence-electron chi connectivity index (χ1n) is 5.94. The van der Waals surface area contributed by atoms with Gasteiger partial charge in [-0.2, -0.15) is 0 Å². The molecular weight excluding hydrogens is 216 g/mol. The molecule has 2 aromatic rings. The van der Waals surface area contributed by atoms with Crippen molar-refractivity contribution in [1.29, 1.82) is 0 Å². The molecule has 0 aliphatic carbocycles. The lowest BCUT2D eigenvalue weighted by Crippen LogP contribution is -1.90. The zero-order valence-corrected chi connectivity index (χ0v) is 10.4. The van der Waals surface area contributed by atoms with Crippen molar-refractivity contribution in [3.8, 4) is 0 Å². The van der Waals surface area contributed by atoms with E-state index >= 15 is 0 Å². The average Bonchev–Trinajstić information content (AvgIpc) is 2.35. The Hall–Kier alpha value is -1.01. The molecule has 84 valence electrons. The van der Waals surface area contributed by atoms with Crippen LogP contribution in [0.1, 0.15) is 37.1 Å². The quantitative estimate of drug-likeness (QED) is 0.627. The van der Waals surface area contributed by atoms with Gasteiger partial charge in [0.25, 0.3) is 0 Å². The Labute approximate surface area is 102 Å². The van der Waals surface area contributed by atoms with Gasteiger partial charge in [0.1, 0.15) is 0 Å². The molecule has 0 aromatic heterocycles. The van der Waals surface area contributed by atoms with E-state index in [1.807, 2.05) is 0 Å². The van der Waals surface area contributed by atoms with Gasteiger partial charge in [0.15, 0.2) is 0 Å². The van der Waals surface area contributed by atoms with E-state index < -0.39 is 0 Å². The normalized spacial score (nSPS) is 12.9. The van der Waals surface area contributed by atoms with Gasteiger partial charge in [-0.25, -0.2) is 0 Å². The zero-order chi connectivity index (χ0) is 11.4. The lowest BCUT2D eigenvalue weighted by molar-refractivity contribution is 0.701. The van der Waals surface area contributed by atoms with Crippen LogP contribution >= 0.6 is 11.6 Å². The van der Waals surface area contributed by atoms with Crippen molar-refractivity contribution in [1.82, 2.24) is 0 Å². The van der Waals surface area contributed by atoms with Crippen LogP contribution in [0.5, 0.6) is 0 Å². The molecule has 0 radical (unpaired) electrons. The summed E-state index contributed by atoms with van der Waals surface area (Å²) in [5.41, 5.74) is 1.24. The molecule has 1 unspecified atom stereocenters. The summed E-state index contributed by atoms with van der Waals surface area (Å²) in [5, 5.41) is 2.72. The predicted molar refractivity (Wildman–Crippen MR) is 72.1 cm³/mol. The molecule has 16 heavy (non-hydrogen) atoms. The molecule has 2 rings (SSSR count). The lowest BCUT2D eigenvalue weighted by Gasteiger charge is -2.10. The molecule has 0 nitrogen and oxygen atoms in total. The fourth-order valence-corrected chi connectivity index (χ4v) is 2.24. The van der Waals surface area contributed by atoms with Crippen LogP contribution < -0.4 is 0 Å². The smallest absolute Gasteiger partial charge is 0.0585 e. The molecular formula is C15H17Cl. The number of fused-ring (bicyclic) bond motifs is 1. The molecule has 0 aliphatic rings. The van der Waals surface area contributed by atoms with Gasteiger partial charge in [-0.15, -0.1) is 11.6 Å². The van der Waals surface area contributed by atoms with Crippen molar-refractivity contribution in [2.45, 2.75) is 31.6 Å². The average molecular weight is 233 g/mol. The Kier molecular flexibility index (Phi) is 3.84. The second-order valence-electron chi connectivity index (χ2n) is 4.22. The van der Waals surface area contributed by atoms with E-state index in [2.05, 4.69) is 49.4 Å².